The van der Waals surface area contributed by atoms with Crippen molar-refractivity contribution in [3.8, 4) is 5.75 Å². The molecule has 17 heavy (non-hydrogen) atoms. The summed E-state index contributed by atoms with van der Waals surface area (Å²) < 4.78 is 28.7. The average Bonchev–Trinajstić information content (AvgIpc) is 2.26. The molecule has 1 aromatic carbocycles. The predicted molar refractivity (Wildman–Crippen MR) is 65.3 cm³/mol. The number of sulfone groups is 1. The molecule has 0 N–H and O–H groups in total. The summed E-state index contributed by atoms with van der Waals surface area (Å²) in [6.45, 7) is 1.75. The van der Waals surface area contributed by atoms with Gasteiger partial charge in [-0.2, -0.15) is 0 Å². The maximum absolute atomic E-state index is 11.8. The molecular formula is C11H13ClO4S. The predicted octanol–water partition coefficient (Wildman–Crippen LogP) is 1.93. The SMILES string of the molecule is COc1ccc(S(=O)(=O)CCC(=O)Cl)cc1C. The molecule has 0 amide bonds. The Balaban J connectivity index is 2.99. The molecule has 0 aliphatic heterocycles. The quantitative estimate of drug-likeness (QED) is 0.771. The van der Waals surface area contributed by atoms with Crippen LogP contribution in [0.5, 0.6) is 5.75 Å². The summed E-state index contributed by atoms with van der Waals surface area (Å²) in [5, 5.41) is -0.654. The van der Waals surface area contributed by atoms with Crippen molar-refractivity contribution in [3.05, 3.63) is 23.8 Å². The van der Waals surface area contributed by atoms with E-state index in [0.717, 1.165) is 5.56 Å². The number of benzene rings is 1. The van der Waals surface area contributed by atoms with E-state index >= 15 is 0 Å². The number of hydrogen-bond donors (Lipinski definition) is 0. The van der Waals surface area contributed by atoms with Crippen LogP contribution >= 0.6 is 11.6 Å². The molecule has 0 radical (unpaired) electrons. The van der Waals surface area contributed by atoms with Crippen LogP contribution in [0.2, 0.25) is 0 Å². The molecule has 0 fully saturated rings. The van der Waals surface area contributed by atoms with Gasteiger partial charge in [-0.3, -0.25) is 4.79 Å². The molecule has 0 bridgehead atoms. The van der Waals surface area contributed by atoms with Crippen molar-refractivity contribution in [3.63, 3.8) is 0 Å². The fourth-order valence-corrected chi connectivity index (χ4v) is 2.90. The number of carbonyl (C=O) groups excluding carboxylic acids is 1. The van der Waals surface area contributed by atoms with E-state index in [2.05, 4.69) is 0 Å². The first-order chi connectivity index (χ1) is 7.86. The second kappa shape index (κ2) is 5.51. The van der Waals surface area contributed by atoms with Crippen molar-refractivity contribution >= 4 is 26.7 Å². The van der Waals surface area contributed by atoms with Crippen molar-refractivity contribution in [1.29, 1.82) is 0 Å². The summed E-state index contributed by atoms with van der Waals surface area (Å²) in [4.78, 5) is 10.7. The van der Waals surface area contributed by atoms with Gasteiger partial charge in [-0.1, -0.05) is 0 Å². The number of carbonyl (C=O) groups is 1. The van der Waals surface area contributed by atoms with Crippen LogP contribution in [0.3, 0.4) is 0 Å². The number of halogens is 1. The molecule has 0 heterocycles. The van der Waals surface area contributed by atoms with Gasteiger partial charge >= 0.3 is 0 Å². The molecule has 0 aliphatic rings. The van der Waals surface area contributed by atoms with Crippen molar-refractivity contribution < 1.29 is 17.9 Å². The Hall–Kier alpha value is -1.07. The topological polar surface area (TPSA) is 60.4 Å². The van der Waals surface area contributed by atoms with E-state index in [1.165, 1.54) is 19.2 Å². The Morgan fingerprint density at radius 3 is 2.53 bits per heavy atom. The second-order valence-corrected chi connectivity index (χ2v) is 6.09. The molecule has 0 aliphatic carbocycles. The molecule has 0 saturated carbocycles. The third-order valence-electron chi connectivity index (χ3n) is 2.29. The largest absolute Gasteiger partial charge is 0.496 e. The molecule has 0 saturated heterocycles. The first-order valence-corrected chi connectivity index (χ1v) is 6.95. The monoisotopic (exact) mass is 276 g/mol. The van der Waals surface area contributed by atoms with Crippen molar-refractivity contribution in [2.45, 2.75) is 18.2 Å². The van der Waals surface area contributed by atoms with Gasteiger partial charge in [-0.05, 0) is 42.3 Å². The number of rotatable bonds is 5. The third kappa shape index (κ3) is 3.71. The van der Waals surface area contributed by atoms with Gasteiger partial charge < -0.3 is 4.74 Å². The first-order valence-electron chi connectivity index (χ1n) is 4.92. The van der Waals surface area contributed by atoms with E-state index in [1.807, 2.05) is 0 Å². The molecule has 94 valence electrons. The van der Waals surface area contributed by atoms with E-state index < -0.39 is 15.1 Å². The minimum atomic E-state index is -3.46. The average molecular weight is 277 g/mol. The molecular weight excluding hydrogens is 264 g/mol. The fourth-order valence-electron chi connectivity index (χ4n) is 1.38. The fraction of sp³-hybridized carbons (Fsp3) is 0.364. The minimum Gasteiger partial charge on any atom is -0.496 e. The van der Waals surface area contributed by atoms with E-state index in [4.69, 9.17) is 16.3 Å². The molecule has 0 aromatic heterocycles. The molecule has 0 atom stereocenters. The van der Waals surface area contributed by atoms with Gasteiger partial charge in [0, 0.05) is 6.42 Å². The lowest BCUT2D eigenvalue weighted by molar-refractivity contribution is -0.111. The Labute approximate surface area is 105 Å². The van der Waals surface area contributed by atoms with Gasteiger partial charge in [0.2, 0.25) is 5.24 Å². The molecule has 1 rings (SSSR count). The highest BCUT2D eigenvalue weighted by Gasteiger charge is 2.16. The van der Waals surface area contributed by atoms with Crippen molar-refractivity contribution in [2.24, 2.45) is 0 Å². The van der Waals surface area contributed by atoms with Crippen LogP contribution in [-0.2, 0) is 14.6 Å². The Kier molecular flexibility index (Phi) is 4.54. The van der Waals surface area contributed by atoms with Gasteiger partial charge in [0.1, 0.15) is 5.75 Å². The van der Waals surface area contributed by atoms with Gasteiger partial charge in [-0.25, -0.2) is 8.42 Å². The summed E-state index contributed by atoms with van der Waals surface area (Å²) in [6, 6.07) is 4.57. The molecule has 0 spiro atoms. The second-order valence-electron chi connectivity index (χ2n) is 3.56. The van der Waals surface area contributed by atoms with Crippen molar-refractivity contribution in [2.75, 3.05) is 12.9 Å². The van der Waals surface area contributed by atoms with Gasteiger partial charge in [-0.15, -0.1) is 0 Å². The van der Waals surface area contributed by atoms with Crippen LogP contribution in [0.25, 0.3) is 0 Å². The summed E-state index contributed by atoms with van der Waals surface area (Å²) in [7, 11) is -1.95. The van der Waals surface area contributed by atoms with Crippen LogP contribution in [-0.4, -0.2) is 26.5 Å². The van der Waals surface area contributed by atoms with Crippen LogP contribution in [0.4, 0.5) is 0 Å². The Morgan fingerprint density at radius 1 is 1.41 bits per heavy atom. The lowest BCUT2D eigenvalue weighted by Gasteiger charge is -2.07. The summed E-state index contributed by atoms with van der Waals surface area (Å²) in [5.41, 5.74) is 0.728. The van der Waals surface area contributed by atoms with Crippen LogP contribution in [0, 0.1) is 6.92 Å². The first kappa shape index (κ1) is 14.0. The highest BCUT2D eigenvalue weighted by molar-refractivity contribution is 7.91. The normalized spacial score (nSPS) is 11.2. The van der Waals surface area contributed by atoms with E-state index in [1.54, 1.807) is 13.0 Å². The number of methoxy groups -OCH3 is 1. The van der Waals surface area contributed by atoms with E-state index in [-0.39, 0.29) is 17.1 Å². The van der Waals surface area contributed by atoms with Gasteiger partial charge in [0.05, 0.1) is 17.8 Å². The zero-order chi connectivity index (χ0) is 13.1. The zero-order valence-corrected chi connectivity index (χ0v) is 11.1. The Bertz CT molecular complexity index is 522. The van der Waals surface area contributed by atoms with Crippen molar-refractivity contribution in [1.82, 2.24) is 0 Å². The van der Waals surface area contributed by atoms with Crippen LogP contribution in [0.15, 0.2) is 23.1 Å². The standard InChI is InChI=1S/C11H13ClO4S/c1-8-7-9(3-4-10(8)16-2)17(14,15)6-5-11(12)13/h3-4,7H,5-6H2,1-2H3. The zero-order valence-electron chi connectivity index (χ0n) is 9.57. The highest BCUT2D eigenvalue weighted by atomic mass is 35.5. The molecule has 1 aromatic rings. The highest BCUT2D eigenvalue weighted by Crippen LogP contribution is 2.22. The lowest BCUT2D eigenvalue weighted by atomic mass is 10.2. The number of hydrogen-bond acceptors (Lipinski definition) is 4. The summed E-state index contributed by atoms with van der Waals surface area (Å²) in [6.07, 6.45) is -0.186. The molecule has 4 nitrogen and oxygen atoms in total. The maximum atomic E-state index is 11.8. The van der Waals surface area contributed by atoms with E-state index in [9.17, 15) is 13.2 Å². The minimum absolute atomic E-state index is 0.175. The lowest BCUT2D eigenvalue weighted by Crippen LogP contribution is -2.09. The van der Waals surface area contributed by atoms with Crippen LogP contribution < -0.4 is 4.74 Å². The van der Waals surface area contributed by atoms with E-state index in [0.29, 0.717) is 5.75 Å². The summed E-state index contributed by atoms with van der Waals surface area (Å²) >= 11 is 5.13. The van der Waals surface area contributed by atoms with Gasteiger partial charge in [0.15, 0.2) is 9.84 Å². The maximum Gasteiger partial charge on any atom is 0.222 e. The molecule has 6 heteroatoms. The van der Waals surface area contributed by atoms with Gasteiger partial charge in [0.25, 0.3) is 0 Å². The molecule has 0 unspecified atom stereocenters. The van der Waals surface area contributed by atoms with Crippen LogP contribution in [0.1, 0.15) is 12.0 Å². The third-order valence-corrected chi connectivity index (χ3v) is 4.20. The smallest absolute Gasteiger partial charge is 0.222 e. The number of aryl methyl sites for hydroxylation is 1. The summed E-state index contributed by atoms with van der Waals surface area (Å²) in [5.74, 6) is 0.346. The Morgan fingerprint density at radius 2 is 2.06 bits per heavy atom. The number of ether oxygens (including phenoxy) is 1.